The Bertz CT molecular complexity index is 1920. The molecule has 0 atom stereocenters. The third kappa shape index (κ3) is 5.02. The van der Waals surface area contributed by atoms with Crippen molar-refractivity contribution >= 4 is 22.6 Å². The molecule has 1 fully saturated rings. The topological polar surface area (TPSA) is 62.9 Å². The van der Waals surface area contributed by atoms with Crippen LogP contribution in [0.1, 0.15) is 38.8 Å². The highest BCUT2D eigenvalue weighted by atomic mass is 16.2. The van der Waals surface area contributed by atoms with Crippen molar-refractivity contribution < 1.29 is 4.79 Å². The highest BCUT2D eigenvalue weighted by molar-refractivity contribution is 5.98. The van der Waals surface area contributed by atoms with Crippen molar-refractivity contribution in [2.45, 2.75) is 19.5 Å². The van der Waals surface area contributed by atoms with Crippen LogP contribution < -0.4 is 5.56 Å². The predicted molar refractivity (Wildman–Crippen MR) is 169 cm³/mol. The first-order valence-electron chi connectivity index (χ1n) is 14.8. The number of rotatable bonds is 6. The van der Waals surface area contributed by atoms with Crippen LogP contribution in [0.25, 0.3) is 16.7 Å². The Labute approximate surface area is 250 Å². The summed E-state index contributed by atoms with van der Waals surface area (Å²) in [6.07, 6.45) is 1.74. The Hall–Kier alpha value is -5.01. The number of nitrogens with zero attached hydrogens (tertiary/aromatic N) is 5. The van der Waals surface area contributed by atoms with E-state index in [-0.39, 0.29) is 17.5 Å². The molecule has 7 nitrogen and oxygen atoms in total. The van der Waals surface area contributed by atoms with Gasteiger partial charge in [-0.25, -0.2) is 4.98 Å². The van der Waals surface area contributed by atoms with E-state index in [4.69, 9.17) is 4.98 Å². The van der Waals surface area contributed by atoms with Crippen molar-refractivity contribution in [2.24, 2.45) is 0 Å². The average Bonchev–Trinajstić information content (AvgIpc) is 3.41. The van der Waals surface area contributed by atoms with E-state index in [0.717, 1.165) is 24.2 Å². The SMILES string of the molecule is Cc1cccn2c(=O)c3cc(C(=O)N4CCN(C(c5ccccc5)c5ccccc5)CC4)n(Cc4ccccc4)c3nc12. The molecular weight excluding hydrogens is 534 g/mol. The molecular formula is C36H33N5O2. The first-order chi connectivity index (χ1) is 21.1. The van der Waals surface area contributed by atoms with Gasteiger partial charge in [0.15, 0.2) is 0 Å². The summed E-state index contributed by atoms with van der Waals surface area (Å²) in [6.45, 7) is 5.06. The van der Waals surface area contributed by atoms with Crippen LogP contribution in [-0.2, 0) is 6.54 Å². The number of aryl methyl sites for hydroxylation is 1. The zero-order valence-corrected chi connectivity index (χ0v) is 24.1. The second-order valence-corrected chi connectivity index (χ2v) is 11.2. The van der Waals surface area contributed by atoms with Crippen LogP contribution in [0.5, 0.6) is 0 Å². The summed E-state index contributed by atoms with van der Waals surface area (Å²) in [4.78, 5) is 37.1. The minimum atomic E-state index is -0.164. The van der Waals surface area contributed by atoms with E-state index >= 15 is 0 Å². The van der Waals surface area contributed by atoms with Crippen LogP contribution in [0.4, 0.5) is 0 Å². The molecule has 1 amide bonds. The van der Waals surface area contributed by atoms with Crippen molar-refractivity contribution in [2.75, 3.05) is 26.2 Å². The minimum Gasteiger partial charge on any atom is -0.335 e. The van der Waals surface area contributed by atoms with Gasteiger partial charge >= 0.3 is 0 Å². The van der Waals surface area contributed by atoms with Gasteiger partial charge in [0.1, 0.15) is 17.0 Å². The van der Waals surface area contributed by atoms with E-state index < -0.39 is 0 Å². The summed E-state index contributed by atoms with van der Waals surface area (Å²) >= 11 is 0. The molecule has 0 N–H and O–H groups in total. The van der Waals surface area contributed by atoms with Gasteiger partial charge in [0.05, 0.1) is 11.4 Å². The molecule has 7 heteroatoms. The van der Waals surface area contributed by atoms with E-state index in [2.05, 4.69) is 53.4 Å². The number of pyridine rings is 1. The van der Waals surface area contributed by atoms with Crippen LogP contribution >= 0.6 is 0 Å². The number of fused-ring (bicyclic) bond motifs is 2. The molecule has 7 rings (SSSR count). The Morgan fingerprint density at radius 1 is 0.767 bits per heavy atom. The lowest BCUT2D eigenvalue weighted by atomic mass is 9.96. The van der Waals surface area contributed by atoms with Crippen molar-refractivity contribution in [3.05, 3.63) is 154 Å². The van der Waals surface area contributed by atoms with Gasteiger partial charge in [-0.2, -0.15) is 0 Å². The minimum absolute atomic E-state index is 0.0743. The number of carbonyl (C=O) groups is 1. The number of hydrogen-bond acceptors (Lipinski definition) is 4. The normalized spacial score (nSPS) is 14.1. The Kier molecular flexibility index (Phi) is 7.09. The molecule has 1 aliphatic rings. The molecule has 1 saturated heterocycles. The quantitative estimate of drug-likeness (QED) is 0.265. The van der Waals surface area contributed by atoms with Crippen LogP contribution in [0.2, 0.25) is 0 Å². The maximum Gasteiger partial charge on any atom is 0.270 e. The fourth-order valence-corrected chi connectivity index (χ4v) is 6.29. The predicted octanol–water partition coefficient (Wildman–Crippen LogP) is 5.55. The third-order valence-electron chi connectivity index (χ3n) is 8.49. The summed E-state index contributed by atoms with van der Waals surface area (Å²) in [5.74, 6) is -0.0743. The van der Waals surface area contributed by atoms with Gasteiger partial charge in [-0.15, -0.1) is 0 Å². The van der Waals surface area contributed by atoms with Crippen LogP contribution in [0.15, 0.2) is 120 Å². The highest BCUT2D eigenvalue weighted by Gasteiger charge is 2.30. The largest absolute Gasteiger partial charge is 0.335 e. The van der Waals surface area contributed by atoms with E-state index in [1.54, 1.807) is 16.7 Å². The fourth-order valence-electron chi connectivity index (χ4n) is 6.29. The summed E-state index contributed by atoms with van der Waals surface area (Å²) in [7, 11) is 0. The summed E-state index contributed by atoms with van der Waals surface area (Å²) in [5.41, 5.74) is 5.90. The second kappa shape index (κ2) is 11.3. The number of hydrogen-bond donors (Lipinski definition) is 0. The molecule has 0 radical (unpaired) electrons. The zero-order chi connectivity index (χ0) is 29.3. The average molecular weight is 568 g/mol. The van der Waals surface area contributed by atoms with Crippen molar-refractivity contribution in [1.29, 1.82) is 0 Å². The fraction of sp³-hybridized carbons (Fsp3) is 0.194. The number of carbonyl (C=O) groups excluding carboxylic acids is 1. The Morgan fingerprint density at radius 2 is 1.37 bits per heavy atom. The Balaban J connectivity index is 1.23. The summed E-state index contributed by atoms with van der Waals surface area (Å²) in [5, 5.41) is 0.453. The molecule has 0 aliphatic carbocycles. The Morgan fingerprint density at radius 3 is 2.00 bits per heavy atom. The lowest BCUT2D eigenvalue weighted by Gasteiger charge is -2.39. The monoisotopic (exact) mass is 567 g/mol. The molecule has 6 aromatic rings. The second-order valence-electron chi connectivity index (χ2n) is 11.2. The van der Waals surface area contributed by atoms with Crippen molar-refractivity contribution in [3.63, 3.8) is 0 Å². The van der Waals surface area contributed by atoms with Crippen LogP contribution in [0.3, 0.4) is 0 Å². The lowest BCUT2D eigenvalue weighted by molar-refractivity contribution is 0.0588. The maximum absolute atomic E-state index is 14.2. The van der Waals surface area contributed by atoms with Gasteiger partial charge in [-0.3, -0.25) is 18.9 Å². The van der Waals surface area contributed by atoms with E-state index in [1.807, 2.05) is 71.0 Å². The molecule has 0 bridgehead atoms. The summed E-state index contributed by atoms with van der Waals surface area (Å²) < 4.78 is 3.49. The van der Waals surface area contributed by atoms with Crippen molar-refractivity contribution in [3.8, 4) is 0 Å². The van der Waals surface area contributed by atoms with Gasteiger partial charge in [0.2, 0.25) is 0 Å². The number of amides is 1. The van der Waals surface area contributed by atoms with Gasteiger partial charge in [-0.05, 0) is 41.3 Å². The molecule has 3 aromatic heterocycles. The molecule has 0 spiro atoms. The molecule has 3 aromatic carbocycles. The standard InChI is InChI=1S/C36H33N5O2/c1-26-12-11-19-40-33(26)37-34-30(35(40)42)24-31(41(34)25-27-13-5-2-6-14-27)36(43)39-22-20-38(21-23-39)32(28-15-7-3-8-16-28)29-17-9-4-10-18-29/h2-19,24,32H,20-23,25H2,1H3. The first-order valence-corrected chi connectivity index (χ1v) is 14.8. The van der Waals surface area contributed by atoms with E-state index in [9.17, 15) is 9.59 Å². The molecule has 0 unspecified atom stereocenters. The number of aromatic nitrogens is 3. The smallest absolute Gasteiger partial charge is 0.270 e. The van der Waals surface area contributed by atoms with Crippen molar-refractivity contribution in [1.82, 2.24) is 23.8 Å². The van der Waals surface area contributed by atoms with Gasteiger partial charge in [0, 0.05) is 38.9 Å². The molecule has 4 heterocycles. The summed E-state index contributed by atoms with van der Waals surface area (Å²) in [6, 6.07) is 36.8. The molecule has 43 heavy (non-hydrogen) atoms. The van der Waals surface area contributed by atoms with Gasteiger partial charge in [0.25, 0.3) is 11.5 Å². The maximum atomic E-state index is 14.2. The molecule has 1 aliphatic heterocycles. The number of piperazine rings is 1. The lowest BCUT2D eigenvalue weighted by Crippen LogP contribution is -2.50. The number of benzene rings is 3. The molecule has 214 valence electrons. The third-order valence-corrected chi connectivity index (χ3v) is 8.49. The molecule has 0 saturated carbocycles. The van der Waals surface area contributed by atoms with E-state index in [1.165, 1.54) is 11.1 Å². The zero-order valence-electron chi connectivity index (χ0n) is 24.1. The highest BCUT2D eigenvalue weighted by Crippen LogP contribution is 2.30. The van der Waals surface area contributed by atoms with Gasteiger partial charge in [-0.1, -0.05) is 97.1 Å². The van der Waals surface area contributed by atoms with Gasteiger partial charge < -0.3 is 9.47 Å². The van der Waals surface area contributed by atoms with E-state index in [0.29, 0.717) is 42.0 Å². The first kappa shape index (κ1) is 26.9. The van der Waals surface area contributed by atoms with Crippen LogP contribution in [0, 0.1) is 6.92 Å². The van der Waals surface area contributed by atoms with Crippen LogP contribution in [-0.4, -0.2) is 55.8 Å².